The van der Waals surface area contributed by atoms with Crippen molar-refractivity contribution >= 4 is 17.6 Å². The maximum absolute atomic E-state index is 13.2. The van der Waals surface area contributed by atoms with E-state index < -0.39 is 12.1 Å². The molecule has 1 fully saturated rings. The predicted molar refractivity (Wildman–Crippen MR) is 119 cm³/mol. The first-order chi connectivity index (χ1) is 14.7. The van der Waals surface area contributed by atoms with Gasteiger partial charge in [0.1, 0.15) is 18.7 Å². The zero-order valence-corrected chi connectivity index (χ0v) is 18.3. The van der Waals surface area contributed by atoms with Crippen molar-refractivity contribution in [1.29, 1.82) is 0 Å². The second-order valence-corrected chi connectivity index (χ2v) is 8.89. The smallest absolute Gasteiger partial charge is 0.251 e. The topological polar surface area (TPSA) is 84.5 Å². The molecule has 0 saturated carbocycles. The van der Waals surface area contributed by atoms with Gasteiger partial charge in [0.05, 0.1) is 6.10 Å². The number of rotatable bonds is 8. The van der Waals surface area contributed by atoms with Crippen LogP contribution in [0, 0.1) is 5.41 Å². The lowest BCUT2D eigenvalue weighted by Crippen LogP contribution is -2.54. The van der Waals surface area contributed by atoms with E-state index in [9.17, 15) is 14.4 Å². The summed E-state index contributed by atoms with van der Waals surface area (Å²) >= 11 is 0. The van der Waals surface area contributed by atoms with Crippen molar-refractivity contribution in [3.8, 4) is 0 Å². The first-order valence-electron chi connectivity index (χ1n) is 10.6. The molecule has 0 spiro atoms. The van der Waals surface area contributed by atoms with Gasteiger partial charge < -0.3 is 15.4 Å². The molecule has 1 saturated heterocycles. The van der Waals surface area contributed by atoms with Crippen LogP contribution in [0.2, 0.25) is 0 Å². The van der Waals surface area contributed by atoms with Gasteiger partial charge in [-0.15, -0.1) is 0 Å². The first-order valence-corrected chi connectivity index (χ1v) is 10.6. The fourth-order valence-electron chi connectivity index (χ4n) is 3.93. The molecule has 2 aromatic carbocycles. The number of hydrogen-bond donors (Lipinski definition) is 2. The van der Waals surface area contributed by atoms with Crippen LogP contribution in [0.15, 0.2) is 60.7 Å². The van der Waals surface area contributed by atoms with Crippen LogP contribution in [0.4, 0.5) is 0 Å². The molecule has 1 heterocycles. The highest BCUT2D eigenvalue weighted by atomic mass is 16.5. The summed E-state index contributed by atoms with van der Waals surface area (Å²) in [4.78, 5) is 38.0. The van der Waals surface area contributed by atoms with Crippen molar-refractivity contribution in [2.45, 2.75) is 51.8 Å². The fourth-order valence-corrected chi connectivity index (χ4v) is 3.93. The van der Waals surface area contributed by atoms with Crippen molar-refractivity contribution in [2.24, 2.45) is 5.41 Å². The van der Waals surface area contributed by atoms with Gasteiger partial charge in [-0.3, -0.25) is 14.4 Å². The minimum absolute atomic E-state index is 0.00729. The number of carbonyl (C=O) groups is 3. The lowest BCUT2D eigenvalue weighted by atomic mass is 9.79. The molecule has 0 aromatic heterocycles. The van der Waals surface area contributed by atoms with Crippen LogP contribution in [0.1, 0.15) is 43.1 Å². The van der Waals surface area contributed by atoms with Gasteiger partial charge in [0.15, 0.2) is 5.78 Å². The minimum Gasteiger partial charge on any atom is -0.368 e. The lowest BCUT2D eigenvalue weighted by molar-refractivity contribution is -0.128. The summed E-state index contributed by atoms with van der Waals surface area (Å²) in [5.74, 6) is -0.850. The van der Waals surface area contributed by atoms with Crippen LogP contribution in [0.25, 0.3) is 0 Å². The van der Waals surface area contributed by atoms with E-state index in [1.165, 1.54) is 0 Å². The Hall–Kier alpha value is -2.99. The Morgan fingerprint density at radius 3 is 2.26 bits per heavy atom. The van der Waals surface area contributed by atoms with Gasteiger partial charge in [-0.1, -0.05) is 62.4 Å². The van der Waals surface area contributed by atoms with Gasteiger partial charge in [0.2, 0.25) is 5.91 Å². The second-order valence-electron chi connectivity index (χ2n) is 8.89. The standard InChI is InChI=1S/C25H30N2O4/c1-17-22(21(28)16-31-17)27-24(30)20(26-23(29)19-12-8-5-9-13-19)15-25(2,3)14-18-10-6-4-7-11-18/h4-13,17,20,22H,14-16H2,1-3H3,(H,26,29)(H,27,30)/t17-,20?,22-/m0/s1. The van der Waals surface area contributed by atoms with E-state index in [2.05, 4.69) is 36.6 Å². The quantitative estimate of drug-likeness (QED) is 0.685. The molecule has 1 aliphatic heterocycles. The van der Waals surface area contributed by atoms with Gasteiger partial charge in [0.25, 0.3) is 5.91 Å². The zero-order chi connectivity index (χ0) is 22.4. The number of Topliss-reactive ketones (excluding diaryl/α,β-unsaturated/α-hetero) is 1. The number of ether oxygens (including phenoxy) is 1. The van der Waals surface area contributed by atoms with Crippen LogP contribution in [0.3, 0.4) is 0 Å². The van der Waals surface area contributed by atoms with E-state index in [0.29, 0.717) is 12.0 Å². The molecule has 6 nitrogen and oxygen atoms in total. The molecule has 0 radical (unpaired) electrons. The van der Waals surface area contributed by atoms with Crippen LogP contribution < -0.4 is 10.6 Å². The van der Waals surface area contributed by atoms with Crippen molar-refractivity contribution in [3.63, 3.8) is 0 Å². The van der Waals surface area contributed by atoms with E-state index in [1.807, 2.05) is 24.3 Å². The van der Waals surface area contributed by atoms with Gasteiger partial charge >= 0.3 is 0 Å². The Kier molecular flexibility index (Phi) is 7.23. The van der Waals surface area contributed by atoms with Crippen molar-refractivity contribution < 1.29 is 19.1 Å². The summed E-state index contributed by atoms with van der Waals surface area (Å²) < 4.78 is 5.34. The van der Waals surface area contributed by atoms with Crippen LogP contribution >= 0.6 is 0 Å². The molecular formula is C25H30N2O4. The Balaban J connectivity index is 1.76. The number of carbonyl (C=O) groups excluding carboxylic acids is 3. The molecule has 2 amide bonds. The average molecular weight is 423 g/mol. The summed E-state index contributed by atoms with van der Waals surface area (Å²) in [6, 6.07) is 17.4. The van der Waals surface area contributed by atoms with E-state index in [4.69, 9.17) is 4.74 Å². The van der Waals surface area contributed by atoms with Gasteiger partial charge in [-0.2, -0.15) is 0 Å². The van der Waals surface area contributed by atoms with Gasteiger partial charge in [-0.05, 0) is 42.9 Å². The molecule has 6 heteroatoms. The summed E-state index contributed by atoms with van der Waals surface area (Å²) in [7, 11) is 0. The maximum Gasteiger partial charge on any atom is 0.251 e. The first kappa shape index (κ1) is 22.7. The van der Waals surface area contributed by atoms with Crippen LogP contribution in [0.5, 0.6) is 0 Å². The molecule has 164 valence electrons. The molecule has 0 bridgehead atoms. The SMILES string of the molecule is C[C@@H]1OCC(=O)[C@H]1NC(=O)C(CC(C)(C)Cc1ccccc1)NC(=O)c1ccccc1. The van der Waals surface area contributed by atoms with Crippen molar-refractivity contribution in [3.05, 3.63) is 71.8 Å². The van der Waals surface area contributed by atoms with Gasteiger partial charge in [-0.25, -0.2) is 0 Å². The number of ketones is 1. The highest BCUT2D eigenvalue weighted by molar-refractivity contribution is 5.99. The van der Waals surface area contributed by atoms with Crippen LogP contribution in [-0.2, 0) is 20.7 Å². The molecule has 2 N–H and O–H groups in total. The molecule has 2 aromatic rings. The summed E-state index contributed by atoms with van der Waals surface area (Å²) in [5.41, 5.74) is 1.37. The fraction of sp³-hybridized carbons (Fsp3) is 0.400. The molecule has 3 rings (SSSR count). The number of benzene rings is 2. The number of amides is 2. The van der Waals surface area contributed by atoms with Crippen molar-refractivity contribution in [1.82, 2.24) is 10.6 Å². The second kappa shape index (κ2) is 9.88. The number of nitrogens with one attached hydrogen (secondary N) is 2. The van der Waals surface area contributed by atoms with E-state index >= 15 is 0 Å². The molecule has 3 atom stereocenters. The summed E-state index contributed by atoms with van der Waals surface area (Å²) in [6.45, 7) is 5.89. The summed E-state index contributed by atoms with van der Waals surface area (Å²) in [6.07, 6.45) is 0.780. The highest BCUT2D eigenvalue weighted by Crippen LogP contribution is 2.28. The van der Waals surface area contributed by atoms with Crippen molar-refractivity contribution in [2.75, 3.05) is 6.61 Å². The largest absolute Gasteiger partial charge is 0.368 e. The third-order valence-electron chi connectivity index (χ3n) is 5.54. The molecule has 0 aliphatic carbocycles. The Labute approximate surface area is 183 Å². The van der Waals surface area contributed by atoms with Gasteiger partial charge in [0, 0.05) is 5.56 Å². The third-order valence-corrected chi connectivity index (χ3v) is 5.54. The van der Waals surface area contributed by atoms with E-state index in [1.54, 1.807) is 31.2 Å². The highest BCUT2D eigenvalue weighted by Gasteiger charge is 2.37. The van der Waals surface area contributed by atoms with E-state index in [0.717, 1.165) is 12.0 Å². The van der Waals surface area contributed by atoms with Crippen LogP contribution in [-0.4, -0.2) is 42.4 Å². The van der Waals surface area contributed by atoms with E-state index in [-0.39, 0.29) is 35.7 Å². The normalized spacial score (nSPS) is 19.6. The molecule has 1 unspecified atom stereocenters. The lowest BCUT2D eigenvalue weighted by Gasteiger charge is -2.31. The maximum atomic E-state index is 13.2. The zero-order valence-electron chi connectivity index (χ0n) is 18.3. The predicted octanol–water partition coefficient (Wildman–Crippen LogP) is 2.92. The molecular weight excluding hydrogens is 392 g/mol. The Morgan fingerprint density at radius 1 is 1.06 bits per heavy atom. The molecule has 1 aliphatic rings. The molecule has 31 heavy (non-hydrogen) atoms. The monoisotopic (exact) mass is 422 g/mol. The number of hydrogen-bond acceptors (Lipinski definition) is 4. The third kappa shape index (κ3) is 6.25. The summed E-state index contributed by atoms with van der Waals surface area (Å²) in [5, 5.41) is 5.67. The Bertz CT molecular complexity index is 912. The minimum atomic E-state index is -0.785. The average Bonchev–Trinajstić information content (AvgIpc) is 3.06. The Morgan fingerprint density at radius 2 is 1.68 bits per heavy atom.